The number of aromatic nitrogens is 6. The van der Waals surface area contributed by atoms with Crippen LogP contribution in [0.25, 0.3) is 33.6 Å². The SMILES string of the molecule is Cn1cc(-c2cccc(-c3ncc(-c4cnn(C)c4)c(N[C@@H]4CCN(S(C)(=O)=O)C4)n3)c2)cn1. The molecule has 1 aliphatic rings. The van der Waals surface area contributed by atoms with E-state index in [4.69, 9.17) is 4.98 Å². The average molecular weight is 479 g/mol. The topological polar surface area (TPSA) is 111 Å². The van der Waals surface area contributed by atoms with E-state index >= 15 is 0 Å². The van der Waals surface area contributed by atoms with Gasteiger partial charge in [0.2, 0.25) is 10.0 Å². The lowest BCUT2D eigenvalue weighted by Gasteiger charge is -2.17. The third kappa shape index (κ3) is 4.57. The van der Waals surface area contributed by atoms with Crippen LogP contribution in [0, 0.1) is 0 Å². The fraction of sp³-hybridized carbons (Fsp3) is 0.304. The van der Waals surface area contributed by atoms with Gasteiger partial charge >= 0.3 is 0 Å². The summed E-state index contributed by atoms with van der Waals surface area (Å²) in [5.41, 5.74) is 4.63. The molecule has 0 amide bonds. The Morgan fingerprint density at radius 2 is 1.68 bits per heavy atom. The molecule has 11 heteroatoms. The first kappa shape index (κ1) is 22.2. The Hall–Kier alpha value is -3.57. The van der Waals surface area contributed by atoms with Gasteiger partial charge in [-0.15, -0.1) is 0 Å². The highest BCUT2D eigenvalue weighted by molar-refractivity contribution is 7.88. The molecule has 1 N–H and O–H groups in total. The van der Waals surface area contributed by atoms with E-state index in [1.807, 2.05) is 57.0 Å². The second kappa shape index (κ2) is 8.65. The van der Waals surface area contributed by atoms with Crippen LogP contribution < -0.4 is 5.32 Å². The molecular formula is C23H26N8O2S. The van der Waals surface area contributed by atoms with E-state index in [2.05, 4.69) is 20.5 Å². The molecule has 1 aromatic carbocycles. The van der Waals surface area contributed by atoms with E-state index in [0.29, 0.717) is 31.2 Å². The van der Waals surface area contributed by atoms with Gasteiger partial charge < -0.3 is 5.32 Å². The summed E-state index contributed by atoms with van der Waals surface area (Å²) < 4.78 is 28.9. The van der Waals surface area contributed by atoms with Crippen molar-refractivity contribution >= 4 is 15.8 Å². The van der Waals surface area contributed by atoms with Crippen LogP contribution in [0.4, 0.5) is 5.82 Å². The molecule has 0 saturated carbocycles. The molecule has 0 aliphatic carbocycles. The van der Waals surface area contributed by atoms with Crippen molar-refractivity contribution in [2.24, 2.45) is 14.1 Å². The van der Waals surface area contributed by atoms with Gasteiger partial charge in [0.15, 0.2) is 5.82 Å². The lowest BCUT2D eigenvalue weighted by molar-refractivity contribution is 0.480. The summed E-state index contributed by atoms with van der Waals surface area (Å²) >= 11 is 0. The number of rotatable bonds is 6. The van der Waals surface area contributed by atoms with Gasteiger partial charge in [-0.25, -0.2) is 22.7 Å². The molecule has 3 aromatic heterocycles. The maximum atomic E-state index is 12.0. The maximum Gasteiger partial charge on any atom is 0.211 e. The van der Waals surface area contributed by atoms with E-state index in [1.165, 1.54) is 10.6 Å². The fourth-order valence-electron chi connectivity index (χ4n) is 4.15. The Morgan fingerprint density at radius 1 is 0.971 bits per heavy atom. The molecule has 176 valence electrons. The molecule has 1 saturated heterocycles. The zero-order chi connectivity index (χ0) is 23.9. The molecule has 34 heavy (non-hydrogen) atoms. The predicted octanol–water partition coefficient (Wildman–Crippen LogP) is 2.39. The molecule has 0 radical (unpaired) electrons. The van der Waals surface area contributed by atoms with E-state index in [1.54, 1.807) is 21.8 Å². The first-order valence-electron chi connectivity index (χ1n) is 10.9. The summed E-state index contributed by atoms with van der Waals surface area (Å²) in [7, 11) is 0.519. The van der Waals surface area contributed by atoms with E-state index in [9.17, 15) is 8.42 Å². The number of sulfonamides is 1. The van der Waals surface area contributed by atoms with Crippen LogP contribution in [0.15, 0.2) is 55.2 Å². The lowest BCUT2D eigenvalue weighted by atomic mass is 10.1. The van der Waals surface area contributed by atoms with Crippen molar-refractivity contribution < 1.29 is 8.42 Å². The molecule has 4 aromatic rings. The van der Waals surface area contributed by atoms with Gasteiger partial charge in [0.05, 0.1) is 18.6 Å². The van der Waals surface area contributed by atoms with Crippen LogP contribution in [0.3, 0.4) is 0 Å². The third-order valence-electron chi connectivity index (χ3n) is 5.92. The number of hydrogen-bond acceptors (Lipinski definition) is 7. The first-order valence-corrected chi connectivity index (χ1v) is 12.8. The second-order valence-electron chi connectivity index (χ2n) is 8.59. The number of hydrogen-bond donors (Lipinski definition) is 1. The minimum Gasteiger partial charge on any atom is -0.365 e. The van der Waals surface area contributed by atoms with Gasteiger partial charge in [0.1, 0.15) is 5.82 Å². The molecule has 4 heterocycles. The summed E-state index contributed by atoms with van der Waals surface area (Å²) in [5.74, 6) is 1.24. The van der Waals surface area contributed by atoms with Crippen molar-refractivity contribution in [1.82, 2.24) is 33.8 Å². The van der Waals surface area contributed by atoms with Crippen molar-refractivity contribution in [3.05, 3.63) is 55.2 Å². The standard InChI is InChI=1S/C23H26N8O2S/c1-29-13-18(10-25-29)16-5-4-6-17(9-16)22-24-12-21(19-11-26-30(2)14-19)23(28-22)27-20-7-8-31(15-20)34(3,32)33/h4-6,9-14,20H,7-8,15H2,1-3H3,(H,24,27,28)/t20-/m1/s1. The Bertz CT molecular complexity index is 1440. The molecule has 10 nitrogen and oxygen atoms in total. The molecule has 0 bridgehead atoms. The van der Waals surface area contributed by atoms with Gasteiger partial charge in [-0.2, -0.15) is 10.2 Å². The molecule has 1 atom stereocenters. The highest BCUT2D eigenvalue weighted by Gasteiger charge is 2.29. The number of nitrogens with one attached hydrogen (secondary N) is 1. The quantitative estimate of drug-likeness (QED) is 0.453. The average Bonchev–Trinajstić information content (AvgIpc) is 3.55. The highest BCUT2D eigenvalue weighted by Crippen LogP contribution is 2.31. The summed E-state index contributed by atoms with van der Waals surface area (Å²) in [6.45, 7) is 0.894. The first-order chi connectivity index (χ1) is 16.3. The smallest absolute Gasteiger partial charge is 0.211 e. The monoisotopic (exact) mass is 478 g/mol. The van der Waals surface area contributed by atoms with E-state index in [0.717, 1.165) is 27.8 Å². The van der Waals surface area contributed by atoms with Crippen LogP contribution >= 0.6 is 0 Å². The van der Waals surface area contributed by atoms with Crippen molar-refractivity contribution in [2.45, 2.75) is 12.5 Å². The number of aryl methyl sites for hydroxylation is 2. The minimum atomic E-state index is -3.23. The van der Waals surface area contributed by atoms with E-state index < -0.39 is 10.0 Å². The van der Waals surface area contributed by atoms with Crippen LogP contribution in [0.2, 0.25) is 0 Å². The minimum absolute atomic E-state index is 0.0466. The number of anilines is 1. The molecular weight excluding hydrogens is 452 g/mol. The molecule has 1 aliphatic heterocycles. The summed E-state index contributed by atoms with van der Waals surface area (Å²) in [6, 6.07) is 7.98. The van der Waals surface area contributed by atoms with Crippen LogP contribution in [-0.4, -0.2) is 67.6 Å². The summed E-state index contributed by atoms with van der Waals surface area (Å²) in [6.07, 6.45) is 11.2. The highest BCUT2D eigenvalue weighted by atomic mass is 32.2. The van der Waals surface area contributed by atoms with Crippen molar-refractivity contribution in [1.29, 1.82) is 0 Å². The zero-order valence-electron chi connectivity index (χ0n) is 19.3. The third-order valence-corrected chi connectivity index (χ3v) is 7.19. The van der Waals surface area contributed by atoms with E-state index in [-0.39, 0.29) is 6.04 Å². The van der Waals surface area contributed by atoms with Gasteiger partial charge in [0, 0.05) is 74.1 Å². The number of benzene rings is 1. The normalized spacial score (nSPS) is 16.7. The van der Waals surface area contributed by atoms with Gasteiger partial charge in [-0.05, 0) is 18.1 Å². The number of nitrogens with zero attached hydrogens (tertiary/aromatic N) is 7. The summed E-state index contributed by atoms with van der Waals surface area (Å²) in [5, 5.41) is 12.0. The second-order valence-corrected chi connectivity index (χ2v) is 10.6. The van der Waals surface area contributed by atoms with Crippen molar-refractivity contribution in [3.8, 4) is 33.6 Å². The Morgan fingerprint density at radius 3 is 2.32 bits per heavy atom. The van der Waals surface area contributed by atoms with Crippen LogP contribution in [0.5, 0.6) is 0 Å². The van der Waals surface area contributed by atoms with Crippen molar-refractivity contribution in [3.63, 3.8) is 0 Å². The van der Waals surface area contributed by atoms with Gasteiger partial charge in [0.25, 0.3) is 0 Å². The van der Waals surface area contributed by atoms with Crippen molar-refractivity contribution in [2.75, 3.05) is 24.7 Å². The van der Waals surface area contributed by atoms with Gasteiger partial charge in [-0.1, -0.05) is 18.2 Å². The molecule has 5 rings (SSSR count). The predicted molar refractivity (Wildman–Crippen MR) is 130 cm³/mol. The van der Waals surface area contributed by atoms with Crippen LogP contribution in [0.1, 0.15) is 6.42 Å². The Kier molecular flexibility index (Phi) is 5.66. The molecule has 0 unspecified atom stereocenters. The largest absolute Gasteiger partial charge is 0.365 e. The van der Waals surface area contributed by atoms with Crippen LogP contribution in [-0.2, 0) is 24.1 Å². The Balaban J connectivity index is 1.50. The van der Waals surface area contributed by atoms with Gasteiger partial charge in [-0.3, -0.25) is 9.36 Å². The maximum absolute atomic E-state index is 12.0. The Labute approximate surface area is 198 Å². The molecule has 1 fully saturated rings. The zero-order valence-corrected chi connectivity index (χ0v) is 20.1. The lowest BCUT2D eigenvalue weighted by Crippen LogP contribution is -2.31. The fourth-order valence-corrected chi connectivity index (χ4v) is 5.04. The molecule has 0 spiro atoms. The summed E-state index contributed by atoms with van der Waals surface area (Å²) in [4.78, 5) is 9.52.